The number of piperidine rings is 1. The van der Waals surface area contributed by atoms with Gasteiger partial charge in [0, 0.05) is 44.6 Å². The first-order valence-corrected chi connectivity index (χ1v) is 16.7. The van der Waals surface area contributed by atoms with Crippen molar-refractivity contribution in [3.05, 3.63) is 83.4 Å². The monoisotopic (exact) mass is 648 g/mol. The summed E-state index contributed by atoms with van der Waals surface area (Å²) in [7, 11) is -2.55. The van der Waals surface area contributed by atoms with Crippen molar-refractivity contribution >= 4 is 33.5 Å². The smallest absolute Gasteiger partial charge is 0.326 e. The number of hydrogen-bond acceptors (Lipinski definition) is 8. The molecule has 2 aliphatic rings. The summed E-state index contributed by atoms with van der Waals surface area (Å²) in [5.74, 6) is 1.03. The van der Waals surface area contributed by atoms with Crippen molar-refractivity contribution in [2.75, 3.05) is 44.2 Å². The molecule has 1 saturated heterocycles. The molecule has 0 saturated carbocycles. The average molecular weight is 649 g/mol. The van der Waals surface area contributed by atoms with E-state index in [1.165, 1.54) is 12.1 Å². The zero-order valence-corrected chi connectivity index (χ0v) is 26.9. The molecular formula is C33H40N6O6S. The van der Waals surface area contributed by atoms with Crippen molar-refractivity contribution in [2.45, 2.75) is 43.7 Å². The van der Waals surface area contributed by atoms with E-state index in [0.717, 1.165) is 26.7 Å². The molecule has 12 nitrogen and oxygen atoms in total. The third-order valence-corrected chi connectivity index (χ3v) is 10.0. The molecular weight excluding hydrogens is 608 g/mol. The van der Waals surface area contributed by atoms with Crippen LogP contribution in [0.3, 0.4) is 0 Å². The fourth-order valence-corrected chi connectivity index (χ4v) is 7.08. The summed E-state index contributed by atoms with van der Waals surface area (Å²) in [5, 5.41) is 16.4. The highest BCUT2D eigenvalue weighted by atomic mass is 32.2. The molecule has 13 heteroatoms. The minimum Gasteiger partial charge on any atom is -0.497 e. The van der Waals surface area contributed by atoms with Gasteiger partial charge in [0.2, 0.25) is 0 Å². The van der Waals surface area contributed by atoms with Gasteiger partial charge in [-0.15, -0.1) is 0 Å². The number of carbonyl (C=O) groups is 1. The van der Waals surface area contributed by atoms with Crippen molar-refractivity contribution in [3.63, 3.8) is 0 Å². The molecule has 0 aliphatic carbocycles. The number of guanidine groups is 1. The number of methoxy groups -OCH3 is 1. The van der Waals surface area contributed by atoms with Crippen LogP contribution in [-0.4, -0.2) is 82.0 Å². The molecule has 0 unspecified atom stereocenters. The molecule has 46 heavy (non-hydrogen) atoms. The van der Waals surface area contributed by atoms with Crippen LogP contribution in [0.4, 0.5) is 5.69 Å². The molecule has 5 rings (SSSR count). The van der Waals surface area contributed by atoms with E-state index in [1.807, 2.05) is 35.2 Å². The van der Waals surface area contributed by atoms with Gasteiger partial charge in [0.05, 0.1) is 24.3 Å². The number of nitrogens with zero attached hydrogens (tertiary/aromatic N) is 3. The second kappa shape index (κ2) is 14.1. The summed E-state index contributed by atoms with van der Waals surface area (Å²) in [6.45, 7) is 3.60. The lowest BCUT2D eigenvalue weighted by molar-refractivity contribution is -0.141. The Hall–Kier alpha value is -4.78. The molecule has 2 heterocycles. The zero-order chi connectivity index (χ0) is 32.8. The Balaban J connectivity index is 1.27. The third kappa shape index (κ3) is 7.36. The predicted molar refractivity (Wildman–Crippen MR) is 175 cm³/mol. The molecule has 0 amide bonds. The van der Waals surface area contributed by atoms with Gasteiger partial charge in [-0.3, -0.25) is 19.9 Å². The maximum absolute atomic E-state index is 13.9. The molecule has 0 spiro atoms. The molecule has 3 aromatic carbocycles. The van der Waals surface area contributed by atoms with Crippen LogP contribution in [0.5, 0.6) is 11.5 Å². The molecule has 2 aliphatic heterocycles. The van der Waals surface area contributed by atoms with Crippen molar-refractivity contribution in [1.82, 2.24) is 9.80 Å². The largest absolute Gasteiger partial charge is 0.497 e. The van der Waals surface area contributed by atoms with Crippen LogP contribution in [0.2, 0.25) is 0 Å². The SMILES string of the molecule is CCOC(=O)CN(c1ccc2c(c1)CN(C(=N)N)CC2)S(=O)(=O)c1ccc(OC2CCN(C(=N)c3ccc(OC)cc3)CC2)cc1. The Labute approximate surface area is 269 Å². The Morgan fingerprint density at radius 2 is 1.61 bits per heavy atom. The number of anilines is 1. The lowest BCUT2D eigenvalue weighted by Gasteiger charge is -2.34. The van der Waals surface area contributed by atoms with E-state index >= 15 is 0 Å². The standard InChI is InChI=1S/C33H40N6O6S/c1-3-44-31(40)22-39(26-7-4-23-14-17-38(33(35)36)21-25(23)20-26)46(41,42)30-12-10-28(11-13-30)45-29-15-18-37(19-16-29)32(34)24-5-8-27(43-2)9-6-24/h4-13,20,29,34H,3,14-19,21-22H2,1-2H3,(H3,35,36). The van der Waals surface area contributed by atoms with Crippen molar-refractivity contribution in [3.8, 4) is 11.5 Å². The summed E-state index contributed by atoms with van der Waals surface area (Å²) < 4.78 is 45.5. The number of ether oxygens (including phenoxy) is 3. The Morgan fingerprint density at radius 1 is 0.935 bits per heavy atom. The number of carbonyl (C=O) groups excluding carboxylic acids is 1. The minimum atomic E-state index is -4.16. The van der Waals surface area contributed by atoms with Gasteiger partial charge in [0.15, 0.2) is 5.96 Å². The van der Waals surface area contributed by atoms with Crippen LogP contribution in [0.1, 0.15) is 36.5 Å². The highest BCUT2D eigenvalue weighted by Crippen LogP contribution is 2.30. The second-order valence-corrected chi connectivity index (χ2v) is 13.0. The number of sulfonamides is 1. The normalized spacial score (nSPS) is 15.1. The lowest BCUT2D eigenvalue weighted by atomic mass is 9.99. The molecule has 0 bridgehead atoms. The molecule has 244 valence electrons. The van der Waals surface area contributed by atoms with Gasteiger partial charge in [-0.25, -0.2) is 8.42 Å². The van der Waals surface area contributed by atoms with Gasteiger partial charge in [-0.05, 0) is 85.1 Å². The van der Waals surface area contributed by atoms with Crippen LogP contribution in [-0.2, 0) is 32.5 Å². The van der Waals surface area contributed by atoms with Crippen LogP contribution >= 0.6 is 0 Å². The van der Waals surface area contributed by atoms with E-state index in [2.05, 4.69) is 0 Å². The number of likely N-dealkylation sites (tertiary alicyclic amines) is 1. The van der Waals surface area contributed by atoms with Crippen LogP contribution in [0.25, 0.3) is 0 Å². The summed E-state index contributed by atoms with van der Waals surface area (Å²) in [6, 6.07) is 18.9. The molecule has 4 N–H and O–H groups in total. The van der Waals surface area contributed by atoms with Gasteiger partial charge in [-0.1, -0.05) is 6.07 Å². The van der Waals surface area contributed by atoms with E-state index in [9.17, 15) is 13.2 Å². The number of nitrogens with one attached hydrogen (secondary N) is 2. The molecule has 0 aromatic heterocycles. The number of amidine groups is 1. The fourth-order valence-electron chi connectivity index (χ4n) is 5.68. The Kier molecular flexibility index (Phi) is 10.0. The van der Waals surface area contributed by atoms with Crippen molar-refractivity contribution in [1.29, 1.82) is 10.8 Å². The first-order chi connectivity index (χ1) is 22.1. The lowest BCUT2D eigenvalue weighted by Crippen LogP contribution is -2.41. The second-order valence-electron chi connectivity index (χ2n) is 11.2. The third-order valence-electron chi connectivity index (χ3n) is 8.24. The number of esters is 1. The predicted octanol–water partition coefficient (Wildman–Crippen LogP) is 3.57. The van der Waals surface area contributed by atoms with Crippen molar-refractivity contribution < 1.29 is 27.4 Å². The van der Waals surface area contributed by atoms with Gasteiger partial charge < -0.3 is 29.7 Å². The average Bonchev–Trinajstić information content (AvgIpc) is 3.07. The van der Waals surface area contributed by atoms with Crippen LogP contribution in [0, 0.1) is 10.8 Å². The van der Waals surface area contributed by atoms with Crippen LogP contribution in [0.15, 0.2) is 71.6 Å². The van der Waals surface area contributed by atoms with E-state index in [-0.39, 0.29) is 23.6 Å². The highest BCUT2D eigenvalue weighted by molar-refractivity contribution is 7.92. The van der Waals surface area contributed by atoms with E-state index in [1.54, 1.807) is 43.2 Å². The summed E-state index contributed by atoms with van der Waals surface area (Å²) in [6.07, 6.45) is 2.02. The minimum absolute atomic E-state index is 0.00925. The fraction of sp³-hybridized carbons (Fsp3) is 0.364. The molecule has 0 atom stereocenters. The zero-order valence-electron chi connectivity index (χ0n) is 26.1. The molecule has 3 aromatic rings. The summed E-state index contributed by atoms with van der Waals surface area (Å²) in [5.41, 5.74) is 8.73. The topological polar surface area (TPSA) is 162 Å². The summed E-state index contributed by atoms with van der Waals surface area (Å²) >= 11 is 0. The first kappa shape index (κ1) is 32.6. The maximum atomic E-state index is 13.9. The van der Waals surface area contributed by atoms with E-state index in [0.29, 0.717) is 62.7 Å². The number of nitrogens with two attached hydrogens (primary N) is 1. The van der Waals surface area contributed by atoms with Crippen molar-refractivity contribution in [2.24, 2.45) is 5.73 Å². The number of fused-ring (bicyclic) bond motifs is 1. The Bertz CT molecular complexity index is 1670. The molecule has 0 radical (unpaired) electrons. The highest BCUT2D eigenvalue weighted by Gasteiger charge is 2.30. The quantitative estimate of drug-likeness (QED) is 0.170. The van der Waals surface area contributed by atoms with E-state index in [4.69, 9.17) is 30.8 Å². The molecule has 1 fully saturated rings. The summed E-state index contributed by atoms with van der Waals surface area (Å²) in [4.78, 5) is 16.3. The maximum Gasteiger partial charge on any atom is 0.326 e. The number of benzene rings is 3. The number of hydrogen-bond donors (Lipinski definition) is 3. The first-order valence-electron chi connectivity index (χ1n) is 15.2. The van der Waals surface area contributed by atoms with Gasteiger partial charge >= 0.3 is 5.97 Å². The van der Waals surface area contributed by atoms with E-state index < -0.39 is 22.5 Å². The van der Waals surface area contributed by atoms with Gasteiger partial charge in [-0.2, -0.15) is 0 Å². The van der Waals surface area contributed by atoms with Gasteiger partial charge in [0.25, 0.3) is 10.0 Å². The van der Waals surface area contributed by atoms with Gasteiger partial charge in [0.1, 0.15) is 30.0 Å². The number of rotatable bonds is 10. The Morgan fingerprint density at radius 3 is 2.24 bits per heavy atom. The van der Waals surface area contributed by atoms with Crippen LogP contribution < -0.4 is 19.5 Å².